The van der Waals surface area contributed by atoms with E-state index in [-0.39, 0.29) is 56.6 Å². The molecule has 0 saturated heterocycles. The van der Waals surface area contributed by atoms with E-state index in [4.69, 9.17) is 4.98 Å². The molecule has 0 aliphatic heterocycles. The molecular weight excluding hydrogens is 544 g/mol. The summed E-state index contributed by atoms with van der Waals surface area (Å²) in [5.41, 5.74) is 0.733. The first-order valence-electron chi connectivity index (χ1n) is 16.6. The maximum absolute atomic E-state index is 14.7. The van der Waals surface area contributed by atoms with Crippen LogP contribution in [0.3, 0.4) is 0 Å². The number of Topliss-reactive ketones (excluding diaryl/α,β-unsaturated/α-hetero) is 1. The zero-order chi connectivity index (χ0) is 31.5. The van der Waals surface area contributed by atoms with Crippen LogP contribution in [0.1, 0.15) is 99.2 Å². The van der Waals surface area contributed by atoms with Crippen molar-refractivity contribution in [2.24, 2.45) is 44.8 Å². The highest BCUT2D eigenvalue weighted by molar-refractivity contribution is 6.04. The van der Waals surface area contributed by atoms with Gasteiger partial charge < -0.3 is 0 Å². The highest BCUT2D eigenvalue weighted by Crippen LogP contribution is 2.74. The van der Waals surface area contributed by atoms with E-state index in [1.54, 1.807) is 0 Å². The molecule has 3 saturated carbocycles. The van der Waals surface area contributed by atoms with Gasteiger partial charge in [0.1, 0.15) is 11.9 Å². The van der Waals surface area contributed by atoms with Crippen LogP contribution < -0.4 is 0 Å². The minimum absolute atomic E-state index is 0.0592. The van der Waals surface area contributed by atoms with E-state index in [1.165, 1.54) is 0 Å². The molecule has 0 amide bonds. The van der Waals surface area contributed by atoms with Crippen LogP contribution in [-0.4, -0.2) is 26.7 Å². The Morgan fingerprint density at radius 2 is 1.64 bits per heavy atom. The summed E-state index contributed by atoms with van der Waals surface area (Å²) in [7, 11) is 0. The number of aromatic nitrogens is 3. The van der Waals surface area contributed by atoms with Gasteiger partial charge in [0, 0.05) is 27.7 Å². The summed E-state index contributed by atoms with van der Waals surface area (Å²) in [6.45, 7) is 15.7. The fraction of sp³-hybridized carbons (Fsp3) is 0.605. The standard InChI is InChI=1S/C38H46N4O2/c1-33(2)27-13-14-37(6)28(36(27,5)20-24(22-39)30(33)44)19-26(43)29-25-21-35(4,16-15-34(25,3)17-18-38(29,37)7)32-40-31(41-42-32)23-11-9-8-10-12-23/h8-12,19-20,25,27,29H,13-18,21H2,1-7H3,(H,40,41,42)/t25-,27?,29-,34+,35-,36-,37+,38+/m0/s1. The van der Waals surface area contributed by atoms with Gasteiger partial charge in [-0.3, -0.25) is 14.7 Å². The largest absolute Gasteiger partial charge is 0.295 e. The Bertz CT molecular complexity index is 1680. The number of ketones is 2. The SMILES string of the molecule is CC1(C)C(=O)C(C#N)=C[C@]2(C)C3=CC(=O)[C@@H]4[C@@H]5C[C@@](C)(c6nc(-c7ccccc7)n[nH]6)CC[C@]5(C)CC[C@@]4(C)[C@]3(C)CCC12. The molecule has 1 aromatic carbocycles. The third kappa shape index (κ3) is 3.65. The van der Waals surface area contributed by atoms with Crippen molar-refractivity contribution in [3.05, 3.63) is 59.5 Å². The van der Waals surface area contributed by atoms with Crippen LogP contribution in [-0.2, 0) is 15.0 Å². The average Bonchev–Trinajstić information content (AvgIpc) is 3.49. The maximum Gasteiger partial charge on any atom is 0.181 e. The van der Waals surface area contributed by atoms with Gasteiger partial charge in [-0.25, -0.2) is 4.98 Å². The second-order valence-electron chi connectivity index (χ2n) is 16.7. The molecule has 8 atom stereocenters. The fourth-order valence-electron chi connectivity index (χ4n) is 11.2. The van der Waals surface area contributed by atoms with Gasteiger partial charge in [0.25, 0.3) is 0 Å². The van der Waals surface area contributed by atoms with Crippen molar-refractivity contribution in [1.82, 2.24) is 15.2 Å². The van der Waals surface area contributed by atoms with Crippen LogP contribution >= 0.6 is 0 Å². The molecule has 0 bridgehead atoms. The minimum Gasteiger partial charge on any atom is -0.295 e. The van der Waals surface area contributed by atoms with Crippen molar-refractivity contribution < 1.29 is 9.59 Å². The first-order valence-corrected chi connectivity index (χ1v) is 16.6. The monoisotopic (exact) mass is 590 g/mol. The van der Waals surface area contributed by atoms with Crippen molar-refractivity contribution in [3.8, 4) is 17.5 Å². The summed E-state index contributed by atoms with van der Waals surface area (Å²) >= 11 is 0. The molecular formula is C38H46N4O2. The Labute approximate surface area is 261 Å². The van der Waals surface area contributed by atoms with Gasteiger partial charge in [0.15, 0.2) is 17.4 Å². The Kier molecular flexibility index (Phi) is 6.09. The Morgan fingerprint density at radius 1 is 0.932 bits per heavy atom. The first-order chi connectivity index (χ1) is 20.6. The van der Waals surface area contributed by atoms with E-state index in [2.05, 4.69) is 50.9 Å². The number of nitrogens with one attached hydrogen (secondary N) is 1. The van der Waals surface area contributed by atoms with Gasteiger partial charge in [-0.2, -0.15) is 10.4 Å². The van der Waals surface area contributed by atoms with Crippen LogP contribution in [0, 0.1) is 56.2 Å². The molecule has 6 nitrogen and oxygen atoms in total. The van der Waals surface area contributed by atoms with Crippen LogP contribution in [0.5, 0.6) is 0 Å². The summed E-state index contributed by atoms with van der Waals surface area (Å²) in [5.74, 6) is 2.04. The molecule has 3 fully saturated rings. The lowest BCUT2D eigenvalue weighted by Gasteiger charge is -2.69. The summed E-state index contributed by atoms with van der Waals surface area (Å²) in [6.07, 6.45) is 10.9. The summed E-state index contributed by atoms with van der Waals surface area (Å²) in [4.78, 5) is 33.0. The van der Waals surface area contributed by atoms with Gasteiger partial charge in [-0.15, -0.1) is 0 Å². The number of hydrogen-bond acceptors (Lipinski definition) is 5. The zero-order valence-electron chi connectivity index (χ0n) is 27.4. The molecule has 5 aliphatic rings. The number of hydrogen-bond donors (Lipinski definition) is 1. The normalized spacial score (nSPS) is 42.5. The van der Waals surface area contributed by atoms with Crippen LogP contribution in [0.15, 0.2) is 53.6 Å². The van der Waals surface area contributed by atoms with Crippen molar-refractivity contribution >= 4 is 11.6 Å². The van der Waals surface area contributed by atoms with E-state index in [1.807, 2.05) is 56.3 Å². The van der Waals surface area contributed by atoms with Gasteiger partial charge >= 0.3 is 0 Å². The maximum atomic E-state index is 14.7. The molecule has 1 aromatic heterocycles. The topological polar surface area (TPSA) is 99.5 Å². The zero-order valence-corrected chi connectivity index (χ0v) is 27.4. The van der Waals surface area contributed by atoms with E-state index in [0.717, 1.165) is 67.7 Å². The number of carbonyl (C=O) groups excluding carboxylic acids is 2. The Hall–Kier alpha value is -3.33. The van der Waals surface area contributed by atoms with Gasteiger partial charge in [0.2, 0.25) is 0 Å². The quantitative estimate of drug-likeness (QED) is 0.383. The number of H-pyrrole nitrogens is 1. The second-order valence-corrected chi connectivity index (χ2v) is 16.7. The highest BCUT2D eigenvalue weighted by atomic mass is 16.1. The number of fused-ring (bicyclic) bond motifs is 7. The molecule has 0 spiro atoms. The van der Waals surface area contributed by atoms with Crippen LogP contribution in [0.2, 0.25) is 0 Å². The molecule has 230 valence electrons. The average molecular weight is 591 g/mol. The van der Waals surface area contributed by atoms with E-state index in [0.29, 0.717) is 0 Å². The third-order valence-electron chi connectivity index (χ3n) is 14.2. The molecule has 1 N–H and O–H groups in total. The van der Waals surface area contributed by atoms with E-state index in [9.17, 15) is 14.9 Å². The van der Waals surface area contributed by atoms with E-state index >= 15 is 0 Å². The summed E-state index contributed by atoms with van der Waals surface area (Å²) < 4.78 is 0. The first kappa shape index (κ1) is 29.4. The van der Waals surface area contributed by atoms with Gasteiger partial charge in [0.05, 0.1) is 5.57 Å². The fourth-order valence-corrected chi connectivity index (χ4v) is 11.2. The second kappa shape index (κ2) is 9.12. The predicted octanol–water partition coefficient (Wildman–Crippen LogP) is 7.94. The van der Waals surface area contributed by atoms with Crippen LogP contribution in [0.4, 0.5) is 0 Å². The lowest BCUT2D eigenvalue weighted by atomic mass is 9.34. The molecule has 0 radical (unpaired) electrons. The molecule has 7 rings (SSSR count). The molecule has 6 heteroatoms. The van der Waals surface area contributed by atoms with Crippen molar-refractivity contribution in [3.63, 3.8) is 0 Å². The minimum atomic E-state index is -0.649. The van der Waals surface area contributed by atoms with Crippen molar-refractivity contribution in [2.75, 3.05) is 0 Å². The summed E-state index contributed by atoms with van der Waals surface area (Å²) in [5, 5.41) is 17.9. The number of rotatable bonds is 2. The number of benzene rings is 1. The van der Waals surface area contributed by atoms with Crippen LogP contribution in [0.25, 0.3) is 11.4 Å². The molecule has 44 heavy (non-hydrogen) atoms. The van der Waals surface area contributed by atoms with Gasteiger partial charge in [-0.05, 0) is 79.1 Å². The summed E-state index contributed by atoms with van der Waals surface area (Å²) in [6, 6.07) is 12.3. The number of nitrogens with zero attached hydrogens (tertiary/aromatic N) is 3. The third-order valence-corrected chi connectivity index (χ3v) is 14.2. The number of aromatic amines is 1. The Balaban J connectivity index is 1.30. The molecule has 5 aliphatic carbocycles. The lowest BCUT2D eigenvalue weighted by Crippen LogP contribution is -2.64. The molecule has 1 unspecified atom stereocenters. The van der Waals surface area contributed by atoms with Crippen molar-refractivity contribution in [2.45, 2.75) is 98.8 Å². The lowest BCUT2D eigenvalue weighted by molar-refractivity contribution is -0.166. The number of carbonyl (C=O) groups is 2. The Morgan fingerprint density at radius 3 is 2.34 bits per heavy atom. The smallest absolute Gasteiger partial charge is 0.181 e. The number of allylic oxidation sites excluding steroid dienone is 4. The van der Waals surface area contributed by atoms with Crippen molar-refractivity contribution in [1.29, 1.82) is 5.26 Å². The predicted molar refractivity (Wildman–Crippen MR) is 170 cm³/mol. The molecule has 2 aromatic rings. The highest BCUT2D eigenvalue weighted by Gasteiger charge is 2.69. The molecule has 1 heterocycles. The number of nitriles is 1. The van der Waals surface area contributed by atoms with Gasteiger partial charge in [-0.1, -0.05) is 90.4 Å². The van der Waals surface area contributed by atoms with E-state index < -0.39 is 10.8 Å².